The molecule has 23 heavy (non-hydrogen) atoms. The number of benzene rings is 2. The predicted octanol–water partition coefficient (Wildman–Crippen LogP) is 5.73. The fraction of sp³-hybridized carbons (Fsp3) is 0.400. The Hall–Kier alpha value is -0.856. The smallest absolute Gasteiger partial charge is 0.118 e. The van der Waals surface area contributed by atoms with Crippen LogP contribution >= 0.6 is 0 Å². The number of hydrogen-bond acceptors (Lipinski definition) is 2. The van der Waals surface area contributed by atoms with Crippen molar-refractivity contribution in [1.82, 2.24) is 0 Å². The van der Waals surface area contributed by atoms with Gasteiger partial charge in [0, 0.05) is 32.7 Å². The van der Waals surface area contributed by atoms with Crippen LogP contribution in [0.2, 0.25) is 0 Å². The van der Waals surface area contributed by atoms with E-state index in [0.717, 1.165) is 5.56 Å². The van der Waals surface area contributed by atoms with E-state index in [2.05, 4.69) is 19.9 Å². The average Bonchev–Trinajstić information content (AvgIpc) is 2.56. The molecule has 1 radical (unpaired) electrons. The molecule has 0 saturated heterocycles. The van der Waals surface area contributed by atoms with Crippen molar-refractivity contribution in [2.45, 2.75) is 54.9 Å². The van der Waals surface area contributed by atoms with Crippen LogP contribution in [0.25, 0.3) is 0 Å². The molecular formula is C20H32O2Y-2. The first kappa shape index (κ1) is 30.1. The van der Waals surface area contributed by atoms with Gasteiger partial charge in [-0.05, 0) is 18.6 Å². The van der Waals surface area contributed by atoms with Gasteiger partial charge in [0.1, 0.15) is 5.75 Å². The molecule has 2 nitrogen and oxygen atoms in total. The first-order valence-corrected chi connectivity index (χ1v) is 8.00. The third-order valence-corrected chi connectivity index (χ3v) is 1.80. The molecular weight excluding hydrogens is 361 g/mol. The molecule has 0 unspecified atom stereocenters. The van der Waals surface area contributed by atoms with Crippen LogP contribution in [0.3, 0.4) is 0 Å². The second-order valence-electron chi connectivity index (χ2n) is 3.72. The molecule has 129 valence electrons. The van der Waals surface area contributed by atoms with Gasteiger partial charge in [-0.15, -0.1) is 0 Å². The molecule has 3 heteroatoms. The minimum atomic E-state index is -0.0532. The predicted molar refractivity (Wildman–Crippen MR) is 96.2 cm³/mol. The third-order valence-electron chi connectivity index (χ3n) is 1.80. The van der Waals surface area contributed by atoms with E-state index in [1.807, 2.05) is 52.8 Å². The van der Waals surface area contributed by atoms with E-state index in [-0.39, 0.29) is 38.5 Å². The molecule has 0 heterocycles. The van der Waals surface area contributed by atoms with Gasteiger partial charge in [-0.3, -0.25) is 0 Å². The molecule has 1 N–H and O–H groups in total. The van der Waals surface area contributed by atoms with Crippen molar-refractivity contribution in [2.75, 3.05) is 0 Å². The van der Waals surface area contributed by atoms with E-state index >= 15 is 0 Å². The number of phenols is 1. The maximum atomic E-state index is 10.2. The van der Waals surface area contributed by atoms with E-state index < -0.39 is 0 Å². The topological polar surface area (TPSA) is 43.3 Å². The molecule has 0 saturated carbocycles. The third kappa shape index (κ3) is 23.5. The fourth-order valence-electron chi connectivity index (χ4n) is 0.940. The Morgan fingerprint density at radius 1 is 0.913 bits per heavy atom. The SMILES string of the molecule is CC.CC.CCC.Cc1ccccc1O.[O-]c1[c-]cccc1.[Y]. The van der Waals surface area contributed by atoms with Crippen molar-refractivity contribution in [3.63, 3.8) is 0 Å². The summed E-state index contributed by atoms with van der Waals surface area (Å²) in [6.07, 6.45) is 1.25. The van der Waals surface area contributed by atoms with Gasteiger partial charge < -0.3 is 10.2 Å². The van der Waals surface area contributed by atoms with Gasteiger partial charge in [-0.1, -0.05) is 66.2 Å². The molecule has 0 aliphatic rings. The number of aryl methyl sites for hydroxylation is 1. The Bertz CT molecular complexity index is 396. The molecule has 0 fully saturated rings. The second-order valence-corrected chi connectivity index (χ2v) is 3.72. The minimum absolute atomic E-state index is 0. The van der Waals surface area contributed by atoms with E-state index in [0.29, 0.717) is 5.75 Å². The van der Waals surface area contributed by atoms with Crippen LogP contribution in [0.1, 0.15) is 53.5 Å². The molecule has 0 spiro atoms. The molecule has 0 atom stereocenters. The number of para-hydroxylation sites is 2. The van der Waals surface area contributed by atoms with Gasteiger partial charge in [0.2, 0.25) is 0 Å². The zero-order chi connectivity index (χ0) is 17.8. The molecule has 0 aliphatic carbocycles. The summed E-state index contributed by atoms with van der Waals surface area (Å²) in [6, 6.07) is 16.3. The Morgan fingerprint density at radius 2 is 1.35 bits per heavy atom. The minimum Gasteiger partial charge on any atom is -0.891 e. The van der Waals surface area contributed by atoms with Crippen LogP contribution < -0.4 is 5.11 Å². The summed E-state index contributed by atoms with van der Waals surface area (Å²) in [5.74, 6) is 0.315. The van der Waals surface area contributed by atoms with Crippen molar-refractivity contribution in [2.24, 2.45) is 0 Å². The van der Waals surface area contributed by atoms with E-state index in [1.54, 1.807) is 24.3 Å². The molecule has 0 aliphatic heterocycles. The van der Waals surface area contributed by atoms with Gasteiger partial charge in [-0.2, -0.15) is 30.3 Å². The van der Waals surface area contributed by atoms with E-state index in [9.17, 15) is 5.11 Å². The van der Waals surface area contributed by atoms with Crippen LogP contribution in [0.4, 0.5) is 0 Å². The van der Waals surface area contributed by atoms with Crippen LogP contribution in [-0.2, 0) is 32.7 Å². The largest absolute Gasteiger partial charge is 0.891 e. The van der Waals surface area contributed by atoms with E-state index in [1.165, 1.54) is 12.5 Å². The maximum absolute atomic E-state index is 10.2. The molecule has 2 aromatic rings. The Morgan fingerprint density at radius 3 is 1.57 bits per heavy atom. The standard InChI is InChI=1S/C7H8O.C6H5O.C3H8.2C2H6.Y/c1-6-4-2-3-5-7(6)8;7-6-4-2-1-3-5-6;1-3-2;2*1-2;/h2-5,8H,1H3;1-4,7H;3H2,1-2H3;2*1-2H3;/q;-1;;;;/p-1. The van der Waals surface area contributed by atoms with Crippen molar-refractivity contribution in [3.05, 3.63) is 60.2 Å². The Labute approximate surface area is 168 Å². The van der Waals surface area contributed by atoms with Gasteiger partial charge >= 0.3 is 0 Å². The van der Waals surface area contributed by atoms with Crippen LogP contribution in [0, 0.1) is 13.0 Å². The second kappa shape index (κ2) is 26.1. The van der Waals surface area contributed by atoms with Crippen LogP contribution in [0.15, 0.2) is 48.5 Å². The summed E-state index contributed by atoms with van der Waals surface area (Å²) in [4.78, 5) is 0. The first-order chi connectivity index (χ1) is 10.6. The average molecular weight is 393 g/mol. The van der Waals surface area contributed by atoms with Gasteiger partial charge in [0.15, 0.2) is 0 Å². The quantitative estimate of drug-likeness (QED) is 0.581. The van der Waals surface area contributed by atoms with Crippen molar-refractivity contribution < 1.29 is 42.9 Å². The summed E-state index contributed by atoms with van der Waals surface area (Å²) in [6.45, 7) is 14.1. The summed E-state index contributed by atoms with van der Waals surface area (Å²) < 4.78 is 0. The van der Waals surface area contributed by atoms with E-state index in [4.69, 9.17) is 5.11 Å². The maximum Gasteiger partial charge on any atom is 0.118 e. The van der Waals surface area contributed by atoms with Crippen molar-refractivity contribution in [1.29, 1.82) is 0 Å². The molecule has 0 aromatic heterocycles. The zero-order valence-electron chi connectivity index (χ0n) is 15.8. The molecule has 2 rings (SSSR count). The normalized spacial score (nSPS) is 7.09. The summed E-state index contributed by atoms with van der Waals surface area (Å²) in [5, 5.41) is 19.1. The number of aromatic hydroxyl groups is 1. The molecule has 0 bridgehead atoms. The Balaban J connectivity index is -0.000000111. The number of phenolic OH excluding ortho intramolecular Hbond substituents is 1. The van der Waals surface area contributed by atoms with Gasteiger partial charge in [0.25, 0.3) is 0 Å². The summed E-state index contributed by atoms with van der Waals surface area (Å²) in [5.41, 5.74) is 0.924. The molecule has 0 amide bonds. The number of hydrogen-bond donors (Lipinski definition) is 1. The van der Waals surface area contributed by atoms with Gasteiger partial charge in [0.05, 0.1) is 0 Å². The fourth-order valence-corrected chi connectivity index (χ4v) is 0.940. The summed E-state index contributed by atoms with van der Waals surface area (Å²) in [7, 11) is 0. The van der Waals surface area contributed by atoms with Crippen LogP contribution in [-0.4, -0.2) is 5.11 Å². The number of rotatable bonds is 0. The van der Waals surface area contributed by atoms with Gasteiger partial charge in [-0.25, -0.2) is 5.75 Å². The monoisotopic (exact) mass is 393 g/mol. The van der Waals surface area contributed by atoms with Crippen LogP contribution in [0.5, 0.6) is 11.5 Å². The molecule has 2 aromatic carbocycles. The van der Waals surface area contributed by atoms with Crippen molar-refractivity contribution in [3.8, 4) is 11.5 Å². The first-order valence-electron chi connectivity index (χ1n) is 8.00. The Kier molecular flexibility index (Phi) is 34.1. The summed E-state index contributed by atoms with van der Waals surface area (Å²) >= 11 is 0. The zero-order valence-corrected chi connectivity index (χ0v) is 18.6. The van der Waals surface area contributed by atoms with Crippen molar-refractivity contribution >= 4 is 0 Å².